The minimum absolute atomic E-state index is 0.0289. The minimum atomic E-state index is -0.260. The predicted molar refractivity (Wildman–Crippen MR) is 117 cm³/mol. The summed E-state index contributed by atoms with van der Waals surface area (Å²) in [6.45, 7) is 4.08. The van der Waals surface area contributed by atoms with Gasteiger partial charge >= 0.3 is 0 Å². The van der Waals surface area contributed by atoms with Crippen molar-refractivity contribution in [2.45, 2.75) is 26.7 Å². The fourth-order valence-corrected chi connectivity index (χ4v) is 4.35. The Hall–Kier alpha value is -2.86. The molecule has 1 heterocycles. The van der Waals surface area contributed by atoms with Gasteiger partial charge < -0.3 is 9.47 Å². The van der Waals surface area contributed by atoms with Crippen molar-refractivity contribution < 1.29 is 14.4 Å². The number of nitro groups is 1. The number of nitrogens with zero attached hydrogens (tertiary/aromatic N) is 1. The summed E-state index contributed by atoms with van der Waals surface area (Å²) in [6.07, 6.45) is 1.31. The number of methoxy groups -OCH3 is 2. The van der Waals surface area contributed by atoms with Gasteiger partial charge in [0, 0.05) is 16.2 Å². The molecule has 0 saturated carbocycles. The first-order valence-corrected chi connectivity index (χ1v) is 10.3. The van der Waals surface area contributed by atoms with E-state index in [1.165, 1.54) is 21.6 Å². The van der Waals surface area contributed by atoms with Crippen LogP contribution < -0.4 is 9.47 Å². The van der Waals surface area contributed by atoms with E-state index >= 15 is 0 Å². The fraction of sp³-hybridized carbons (Fsp3) is 0.304. The Labute approximate surface area is 175 Å². The minimum Gasteiger partial charge on any atom is -0.493 e. The normalized spacial score (nSPS) is 10.8. The van der Waals surface area contributed by atoms with E-state index in [9.17, 15) is 10.1 Å². The lowest BCUT2D eigenvalue weighted by Gasteiger charge is -2.11. The van der Waals surface area contributed by atoms with Gasteiger partial charge in [-0.1, -0.05) is 12.1 Å². The van der Waals surface area contributed by atoms with Crippen molar-refractivity contribution in [3.05, 3.63) is 79.7 Å². The zero-order valence-corrected chi connectivity index (χ0v) is 18.0. The number of rotatable bonds is 8. The van der Waals surface area contributed by atoms with E-state index in [1.54, 1.807) is 25.6 Å². The van der Waals surface area contributed by atoms with Crippen molar-refractivity contribution in [3.63, 3.8) is 0 Å². The average Bonchev–Trinajstić information content (AvgIpc) is 3.17. The van der Waals surface area contributed by atoms with Crippen LogP contribution >= 0.6 is 11.3 Å². The van der Waals surface area contributed by atoms with Gasteiger partial charge in [0.05, 0.1) is 14.2 Å². The molecule has 0 amide bonds. The Morgan fingerprint density at radius 3 is 2.34 bits per heavy atom. The average molecular weight is 412 g/mol. The summed E-state index contributed by atoms with van der Waals surface area (Å²) in [5.41, 5.74) is 6.95. The summed E-state index contributed by atoms with van der Waals surface area (Å²) in [5, 5.41) is 12.8. The standard InChI is InChI=1S/C23H25NO4S/c1-15-10-20(16(2)9-18(15)7-8-24(25)26)11-17-12-23(29-14-17)19-5-6-21(27-3)22(13-19)28-4/h5-6,9-10,12-14H,7-8,11H2,1-4H3. The first-order valence-electron chi connectivity index (χ1n) is 9.42. The van der Waals surface area contributed by atoms with Gasteiger partial charge in [-0.25, -0.2) is 0 Å². The van der Waals surface area contributed by atoms with Crippen LogP contribution in [0.25, 0.3) is 10.4 Å². The second-order valence-corrected chi connectivity index (χ2v) is 7.99. The zero-order chi connectivity index (χ0) is 21.0. The molecular formula is C23H25NO4S. The predicted octanol–water partition coefficient (Wildman–Crippen LogP) is 5.46. The maximum Gasteiger partial charge on any atom is 0.207 e. The van der Waals surface area contributed by atoms with E-state index in [0.717, 1.165) is 34.6 Å². The van der Waals surface area contributed by atoms with Crippen LogP contribution in [0.1, 0.15) is 27.8 Å². The van der Waals surface area contributed by atoms with Gasteiger partial charge in [0.25, 0.3) is 0 Å². The monoisotopic (exact) mass is 411 g/mol. The summed E-state index contributed by atoms with van der Waals surface area (Å²) >= 11 is 1.71. The Morgan fingerprint density at radius 1 is 0.966 bits per heavy atom. The Morgan fingerprint density at radius 2 is 1.66 bits per heavy atom. The van der Waals surface area contributed by atoms with E-state index in [4.69, 9.17) is 9.47 Å². The highest BCUT2D eigenvalue weighted by Crippen LogP contribution is 2.35. The second kappa shape index (κ2) is 9.09. The van der Waals surface area contributed by atoms with Gasteiger partial charge in [-0.05, 0) is 83.3 Å². The van der Waals surface area contributed by atoms with E-state index in [2.05, 4.69) is 30.5 Å². The van der Waals surface area contributed by atoms with Crippen LogP contribution in [0.4, 0.5) is 0 Å². The van der Waals surface area contributed by atoms with Crippen molar-refractivity contribution in [1.82, 2.24) is 0 Å². The molecular weight excluding hydrogens is 386 g/mol. The van der Waals surface area contributed by atoms with Gasteiger partial charge in [-0.3, -0.25) is 10.1 Å². The summed E-state index contributed by atoms with van der Waals surface area (Å²) in [5.74, 6) is 1.44. The van der Waals surface area contributed by atoms with Crippen LogP contribution in [-0.4, -0.2) is 25.7 Å². The number of ether oxygens (including phenoxy) is 2. The van der Waals surface area contributed by atoms with Crippen LogP contribution in [-0.2, 0) is 12.8 Å². The van der Waals surface area contributed by atoms with E-state index in [0.29, 0.717) is 6.42 Å². The highest BCUT2D eigenvalue weighted by Gasteiger charge is 2.11. The second-order valence-electron chi connectivity index (χ2n) is 7.08. The lowest BCUT2D eigenvalue weighted by atomic mass is 9.94. The summed E-state index contributed by atoms with van der Waals surface area (Å²) in [7, 11) is 3.27. The lowest BCUT2D eigenvalue weighted by molar-refractivity contribution is -0.479. The molecule has 0 saturated heterocycles. The van der Waals surface area contributed by atoms with E-state index < -0.39 is 0 Å². The fourth-order valence-electron chi connectivity index (χ4n) is 3.44. The quantitative estimate of drug-likeness (QED) is 0.365. The molecule has 0 bridgehead atoms. The molecule has 0 radical (unpaired) electrons. The van der Waals surface area contributed by atoms with Crippen LogP contribution in [0.3, 0.4) is 0 Å². The topological polar surface area (TPSA) is 61.6 Å². The molecule has 0 aliphatic rings. The molecule has 3 rings (SSSR count). The molecule has 2 aromatic carbocycles. The van der Waals surface area contributed by atoms with Gasteiger partial charge in [0.2, 0.25) is 6.54 Å². The molecule has 5 nitrogen and oxygen atoms in total. The van der Waals surface area contributed by atoms with E-state index in [-0.39, 0.29) is 11.5 Å². The molecule has 29 heavy (non-hydrogen) atoms. The van der Waals surface area contributed by atoms with Crippen molar-refractivity contribution in [2.75, 3.05) is 20.8 Å². The van der Waals surface area contributed by atoms with Crippen LogP contribution in [0, 0.1) is 24.0 Å². The first kappa shape index (κ1) is 20.9. The third kappa shape index (κ3) is 4.95. The highest BCUT2D eigenvalue weighted by atomic mass is 32.1. The molecule has 0 atom stereocenters. The maximum atomic E-state index is 10.7. The Balaban J connectivity index is 1.80. The van der Waals surface area contributed by atoms with Gasteiger partial charge in [-0.15, -0.1) is 11.3 Å². The largest absolute Gasteiger partial charge is 0.493 e. The molecule has 1 aromatic heterocycles. The van der Waals surface area contributed by atoms with Gasteiger partial charge in [-0.2, -0.15) is 0 Å². The Bertz CT molecular complexity index is 1030. The van der Waals surface area contributed by atoms with Crippen molar-refractivity contribution in [3.8, 4) is 21.9 Å². The van der Waals surface area contributed by atoms with Crippen LogP contribution in [0.15, 0.2) is 41.8 Å². The molecule has 0 N–H and O–H groups in total. The Kier molecular flexibility index (Phi) is 6.54. The van der Waals surface area contributed by atoms with Crippen LogP contribution in [0.2, 0.25) is 0 Å². The third-order valence-electron chi connectivity index (χ3n) is 5.07. The molecule has 3 aromatic rings. The SMILES string of the molecule is COc1ccc(-c2cc(Cc3cc(C)c(CC[N+](=O)[O-])cc3C)cs2)cc1OC. The number of hydrogen-bond acceptors (Lipinski definition) is 5. The van der Waals surface area contributed by atoms with Crippen molar-refractivity contribution in [1.29, 1.82) is 0 Å². The van der Waals surface area contributed by atoms with Crippen LogP contribution in [0.5, 0.6) is 11.5 Å². The molecule has 0 aliphatic carbocycles. The molecule has 6 heteroatoms. The van der Waals surface area contributed by atoms with Gasteiger partial charge in [0.15, 0.2) is 11.5 Å². The molecule has 0 aliphatic heterocycles. The van der Waals surface area contributed by atoms with Gasteiger partial charge in [0.1, 0.15) is 0 Å². The lowest BCUT2D eigenvalue weighted by Crippen LogP contribution is -2.06. The highest BCUT2D eigenvalue weighted by molar-refractivity contribution is 7.13. The third-order valence-corrected chi connectivity index (χ3v) is 6.10. The molecule has 0 fully saturated rings. The summed E-state index contributed by atoms with van der Waals surface area (Å²) < 4.78 is 10.7. The number of aryl methyl sites for hydroxylation is 2. The molecule has 0 unspecified atom stereocenters. The maximum absolute atomic E-state index is 10.7. The van der Waals surface area contributed by atoms with Crippen molar-refractivity contribution >= 4 is 11.3 Å². The smallest absolute Gasteiger partial charge is 0.207 e. The van der Waals surface area contributed by atoms with Crippen molar-refractivity contribution in [2.24, 2.45) is 0 Å². The number of benzene rings is 2. The molecule has 152 valence electrons. The summed E-state index contributed by atoms with van der Waals surface area (Å²) in [6, 6.07) is 12.4. The van der Waals surface area contributed by atoms with E-state index in [1.807, 2.05) is 25.1 Å². The number of thiophene rings is 1. The number of hydrogen-bond donors (Lipinski definition) is 0. The zero-order valence-electron chi connectivity index (χ0n) is 17.2. The molecule has 0 spiro atoms. The first-order chi connectivity index (χ1) is 13.9. The summed E-state index contributed by atoms with van der Waals surface area (Å²) in [4.78, 5) is 11.6.